The maximum absolute atomic E-state index is 8.35. The van der Waals surface area contributed by atoms with Gasteiger partial charge in [0.15, 0.2) is 0 Å². The van der Waals surface area contributed by atoms with E-state index in [2.05, 4.69) is 0 Å². The Hall–Kier alpha value is -0.120. The zero-order valence-electron chi connectivity index (χ0n) is 6.04. The van der Waals surface area contributed by atoms with E-state index in [1.54, 1.807) is 0 Å². The number of aliphatic hydroxyl groups is 3. The molecule has 0 spiro atoms. The third kappa shape index (κ3) is 11.4. The molecule has 0 aliphatic heterocycles. The van der Waals surface area contributed by atoms with Gasteiger partial charge in [0.2, 0.25) is 0 Å². The van der Waals surface area contributed by atoms with Crippen LogP contribution in [-0.4, -0.2) is 35.6 Å². The molecule has 0 fully saturated rings. The van der Waals surface area contributed by atoms with Crippen LogP contribution in [0.4, 0.5) is 0 Å². The summed E-state index contributed by atoms with van der Waals surface area (Å²) in [6.45, 7) is 2.26. The molecule has 0 aliphatic rings. The molecule has 0 aromatic carbocycles. The fourth-order valence-electron chi connectivity index (χ4n) is 0.312. The second kappa shape index (κ2) is 10.8. The van der Waals surface area contributed by atoms with E-state index < -0.39 is 0 Å². The molecule has 0 rings (SSSR count). The molecule has 1 atom stereocenters. The van der Waals surface area contributed by atoms with Gasteiger partial charge in [-0.25, -0.2) is 0 Å². The van der Waals surface area contributed by atoms with Crippen LogP contribution in [0.15, 0.2) is 0 Å². The highest BCUT2D eigenvalue weighted by Crippen LogP contribution is 1.96. The molecule has 9 heavy (non-hydrogen) atoms. The van der Waals surface area contributed by atoms with Crippen molar-refractivity contribution in [1.29, 1.82) is 0 Å². The summed E-state index contributed by atoms with van der Waals surface area (Å²) in [6, 6.07) is 0. The average Bonchev–Trinajstić information content (AvgIpc) is 1.93. The molecule has 0 aromatic rings. The van der Waals surface area contributed by atoms with Crippen LogP contribution in [0, 0.1) is 5.92 Å². The van der Waals surface area contributed by atoms with E-state index >= 15 is 0 Å². The number of hydrogen-bond acceptors (Lipinski definition) is 3. The number of aliphatic hydroxyl groups excluding tert-OH is 3. The van der Waals surface area contributed by atoms with Crippen LogP contribution in [-0.2, 0) is 0 Å². The van der Waals surface area contributed by atoms with E-state index in [9.17, 15) is 0 Å². The molecule has 0 radical (unpaired) electrons. The van der Waals surface area contributed by atoms with Crippen LogP contribution < -0.4 is 0 Å². The predicted octanol–water partition coefficient (Wildman–Crippen LogP) is -0.394. The molecular formula is C6H16O3. The monoisotopic (exact) mass is 136 g/mol. The van der Waals surface area contributed by atoms with Crippen molar-refractivity contribution >= 4 is 0 Å². The zero-order valence-corrected chi connectivity index (χ0v) is 6.04. The molecule has 3 N–H and O–H groups in total. The van der Waals surface area contributed by atoms with Gasteiger partial charge in [-0.2, -0.15) is 0 Å². The second-order valence-electron chi connectivity index (χ2n) is 1.80. The second-order valence-corrected chi connectivity index (χ2v) is 1.80. The SMILES string of the molecule is CC(CO)CCO.CO. The van der Waals surface area contributed by atoms with E-state index in [0.717, 1.165) is 7.11 Å². The normalized spacial score (nSPS) is 11.7. The lowest BCUT2D eigenvalue weighted by atomic mass is 10.1. The minimum Gasteiger partial charge on any atom is -0.400 e. The summed E-state index contributed by atoms with van der Waals surface area (Å²) in [7, 11) is 1.00. The summed E-state index contributed by atoms with van der Waals surface area (Å²) < 4.78 is 0. The van der Waals surface area contributed by atoms with Gasteiger partial charge >= 0.3 is 0 Å². The third-order valence-corrected chi connectivity index (χ3v) is 0.934. The lowest BCUT2D eigenvalue weighted by Gasteiger charge is -2.01. The Bertz CT molecular complexity index is 39.3. The molecule has 0 bridgehead atoms. The van der Waals surface area contributed by atoms with E-state index in [4.69, 9.17) is 15.3 Å². The number of hydrogen-bond donors (Lipinski definition) is 3. The van der Waals surface area contributed by atoms with Crippen molar-refractivity contribution in [2.24, 2.45) is 5.92 Å². The Balaban J connectivity index is 0. The van der Waals surface area contributed by atoms with E-state index in [-0.39, 0.29) is 19.1 Å². The molecular weight excluding hydrogens is 120 g/mol. The van der Waals surface area contributed by atoms with Crippen molar-refractivity contribution in [1.82, 2.24) is 0 Å². The molecule has 0 aliphatic carbocycles. The van der Waals surface area contributed by atoms with Crippen LogP contribution >= 0.6 is 0 Å². The Morgan fingerprint density at radius 1 is 1.22 bits per heavy atom. The zero-order chi connectivity index (χ0) is 7.70. The minimum absolute atomic E-state index is 0.181. The van der Waals surface area contributed by atoms with Crippen LogP contribution in [0.5, 0.6) is 0 Å². The summed E-state index contributed by atoms with van der Waals surface area (Å²) in [5.74, 6) is 0.255. The quantitative estimate of drug-likeness (QED) is 0.495. The Morgan fingerprint density at radius 2 is 1.67 bits per heavy atom. The summed E-state index contributed by atoms with van der Waals surface area (Å²) >= 11 is 0. The fraction of sp³-hybridized carbons (Fsp3) is 1.00. The minimum atomic E-state index is 0.181. The first-order chi connectivity index (χ1) is 4.31. The van der Waals surface area contributed by atoms with Crippen molar-refractivity contribution in [3.8, 4) is 0 Å². The van der Waals surface area contributed by atoms with Gasteiger partial charge < -0.3 is 15.3 Å². The summed E-state index contributed by atoms with van der Waals surface area (Å²) in [5.41, 5.74) is 0. The predicted molar refractivity (Wildman–Crippen MR) is 36.1 cm³/mol. The maximum Gasteiger partial charge on any atom is 0.0457 e. The summed E-state index contributed by atoms with van der Waals surface area (Å²) in [4.78, 5) is 0. The van der Waals surface area contributed by atoms with Crippen molar-refractivity contribution < 1.29 is 15.3 Å². The number of rotatable bonds is 3. The van der Waals surface area contributed by atoms with Gasteiger partial charge in [0, 0.05) is 20.3 Å². The molecule has 0 heterocycles. The maximum atomic E-state index is 8.35. The highest BCUT2D eigenvalue weighted by molar-refractivity contribution is 4.45. The van der Waals surface area contributed by atoms with E-state index in [1.807, 2.05) is 6.92 Å². The van der Waals surface area contributed by atoms with E-state index in [1.165, 1.54) is 0 Å². The van der Waals surface area contributed by atoms with Gasteiger partial charge in [-0.05, 0) is 12.3 Å². The summed E-state index contributed by atoms with van der Waals surface area (Å²) in [6.07, 6.45) is 0.705. The topological polar surface area (TPSA) is 60.7 Å². The van der Waals surface area contributed by atoms with Gasteiger partial charge in [-0.1, -0.05) is 6.92 Å². The standard InChI is InChI=1S/C5H12O2.CH4O/c1-5(4-7)2-3-6;1-2/h5-7H,2-4H2,1H3;2H,1H3. The molecule has 1 unspecified atom stereocenters. The van der Waals surface area contributed by atoms with Crippen LogP contribution in [0.3, 0.4) is 0 Å². The lowest BCUT2D eigenvalue weighted by molar-refractivity contribution is 0.194. The van der Waals surface area contributed by atoms with Crippen LogP contribution in [0.1, 0.15) is 13.3 Å². The fourth-order valence-corrected chi connectivity index (χ4v) is 0.312. The van der Waals surface area contributed by atoms with Crippen LogP contribution in [0.2, 0.25) is 0 Å². The van der Waals surface area contributed by atoms with Crippen molar-refractivity contribution in [2.75, 3.05) is 20.3 Å². The van der Waals surface area contributed by atoms with Crippen molar-refractivity contribution in [2.45, 2.75) is 13.3 Å². The van der Waals surface area contributed by atoms with Crippen molar-refractivity contribution in [3.63, 3.8) is 0 Å². The Labute approximate surface area is 56.0 Å². The third-order valence-electron chi connectivity index (χ3n) is 0.934. The van der Waals surface area contributed by atoms with Gasteiger partial charge in [0.1, 0.15) is 0 Å². The molecule has 0 saturated carbocycles. The summed E-state index contributed by atoms with van der Waals surface area (Å²) in [5, 5.41) is 23.6. The molecule has 3 nitrogen and oxygen atoms in total. The smallest absolute Gasteiger partial charge is 0.0457 e. The molecule has 3 heteroatoms. The average molecular weight is 136 g/mol. The molecule has 0 amide bonds. The first-order valence-electron chi connectivity index (χ1n) is 2.97. The molecule has 0 saturated heterocycles. The molecule has 0 aromatic heterocycles. The van der Waals surface area contributed by atoms with Gasteiger partial charge in [-0.3, -0.25) is 0 Å². The highest BCUT2D eigenvalue weighted by atomic mass is 16.3. The van der Waals surface area contributed by atoms with Crippen molar-refractivity contribution in [3.05, 3.63) is 0 Å². The lowest BCUT2D eigenvalue weighted by Crippen LogP contribution is -2.01. The van der Waals surface area contributed by atoms with E-state index in [0.29, 0.717) is 6.42 Å². The first kappa shape index (κ1) is 11.6. The van der Waals surface area contributed by atoms with Gasteiger partial charge in [0.05, 0.1) is 0 Å². The largest absolute Gasteiger partial charge is 0.400 e. The first-order valence-corrected chi connectivity index (χ1v) is 2.97. The van der Waals surface area contributed by atoms with Gasteiger partial charge in [0.25, 0.3) is 0 Å². The molecule has 58 valence electrons. The Morgan fingerprint density at radius 3 is 1.78 bits per heavy atom. The highest BCUT2D eigenvalue weighted by Gasteiger charge is 1.94. The Kier molecular flexibility index (Phi) is 14.0. The van der Waals surface area contributed by atoms with Gasteiger partial charge in [-0.15, -0.1) is 0 Å². The van der Waals surface area contributed by atoms with Crippen LogP contribution in [0.25, 0.3) is 0 Å².